The number of nitrogens with zero attached hydrogens (tertiary/aromatic N) is 3. The van der Waals surface area contributed by atoms with Gasteiger partial charge < -0.3 is 9.64 Å². The van der Waals surface area contributed by atoms with Crippen LogP contribution in [0.4, 0.5) is 0 Å². The molecule has 1 saturated heterocycles. The van der Waals surface area contributed by atoms with Gasteiger partial charge in [0.05, 0.1) is 17.2 Å². The van der Waals surface area contributed by atoms with Gasteiger partial charge in [0.15, 0.2) is 0 Å². The third kappa shape index (κ3) is 4.62. The summed E-state index contributed by atoms with van der Waals surface area (Å²) in [6.45, 7) is 7.34. The van der Waals surface area contributed by atoms with Crippen molar-refractivity contribution in [2.75, 3.05) is 13.1 Å². The Bertz CT molecular complexity index is 1050. The summed E-state index contributed by atoms with van der Waals surface area (Å²) >= 11 is 5.93. The normalized spacial score (nSPS) is 17.7. The molecule has 0 saturated carbocycles. The summed E-state index contributed by atoms with van der Waals surface area (Å²) in [5, 5.41) is 1.23. The van der Waals surface area contributed by atoms with Gasteiger partial charge in [-0.2, -0.15) is 0 Å². The van der Waals surface area contributed by atoms with E-state index >= 15 is 0 Å². The van der Waals surface area contributed by atoms with Gasteiger partial charge in [0.25, 0.3) is 5.56 Å². The summed E-state index contributed by atoms with van der Waals surface area (Å²) < 4.78 is 7.64. The van der Waals surface area contributed by atoms with Crippen molar-refractivity contribution in [3.05, 3.63) is 64.2 Å². The second kappa shape index (κ2) is 8.56. The molecule has 1 atom stereocenters. The van der Waals surface area contributed by atoms with Crippen LogP contribution in [0.25, 0.3) is 10.9 Å². The lowest BCUT2D eigenvalue weighted by Gasteiger charge is -2.35. The van der Waals surface area contributed by atoms with Crippen LogP contribution in [0.5, 0.6) is 11.5 Å². The first-order valence-electron chi connectivity index (χ1n) is 10.2. The van der Waals surface area contributed by atoms with Crippen LogP contribution in [0.2, 0.25) is 5.02 Å². The summed E-state index contributed by atoms with van der Waals surface area (Å²) in [5.41, 5.74) is 0.667. The topological polar surface area (TPSA) is 47.4 Å². The number of piperidine rings is 1. The van der Waals surface area contributed by atoms with Crippen molar-refractivity contribution in [3.8, 4) is 11.5 Å². The lowest BCUT2D eigenvalue weighted by Crippen LogP contribution is -2.42. The van der Waals surface area contributed by atoms with Crippen molar-refractivity contribution in [2.24, 2.45) is 5.92 Å². The standard InChI is InChI=1S/C23H26ClN3O2/c1-16(2)26-11-3-4-17(13-26)14-27-15-25-22-10-9-20(12-21(22)23(27)28)29-19-7-5-18(24)6-8-19/h5-10,12,15-17H,3-4,11,13-14H2,1-2H3/t17-/m0/s1. The minimum atomic E-state index is -0.0155. The Labute approximate surface area is 175 Å². The van der Waals surface area contributed by atoms with E-state index in [9.17, 15) is 4.79 Å². The number of fused-ring (bicyclic) bond motifs is 1. The van der Waals surface area contributed by atoms with Gasteiger partial charge in [-0.05, 0) is 81.6 Å². The molecule has 0 bridgehead atoms. The lowest BCUT2D eigenvalue weighted by atomic mass is 9.97. The predicted molar refractivity (Wildman–Crippen MR) is 117 cm³/mol. The van der Waals surface area contributed by atoms with Crippen LogP contribution < -0.4 is 10.3 Å². The number of halogens is 1. The third-order valence-corrected chi connectivity index (χ3v) is 5.83. The highest BCUT2D eigenvalue weighted by atomic mass is 35.5. The van der Waals surface area contributed by atoms with E-state index in [0.29, 0.717) is 45.9 Å². The van der Waals surface area contributed by atoms with Gasteiger partial charge in [-0.25, -0.2) is 4.98 Å². The highest BCUT2D eigenvalue weighted by Gasteiger charge is 2.22. The zero-order chi connectivity index (χ0) is 20.4. The summed E-state index contributed by atoms with van der Waals surface area (Å²) in [5.74, 6) is 1.76. The maximum atomic E-state index is 13.1. The van der Waals surface area contributed by atoms with Crippen molar-refractivity contribution in [1.29, 1.82) is 0 Å². The number of aromatic nitrogens is 2. The average Bonchev–Trinajstić information content (AvgIpc) is 2.72. The fraction of sp³-hybridized carbons (Fsp3) is 0.391. The van der Waals surface area contributed by atoms with Gasteiger partial charge in [0.1, 0.15) is 11.5 Å². The summed E-state index contributed by atoms with van der Waals surface area (Å²) in [6, 6.07) is 13.1. The SMILES string of the molecule is CC(C)N1CCC[C@H](Cn2cnc3ccc(Oc4ccc(Cl)cc4)cc3c2=O)C1. The molecule has 1 aliphatic rings. The number of benzene rings is 2. The van der Waals surface area contributed by atoms with Gasteiger partial charge in [0.2, 0.25) is 0 Å². The van der Waals surface area contributed by atoms with Gasteiger partial charge in [-0.15, -0.1) is 0 Å². The molecule has 152 valence electrons. The van der Waals surface area contributed by atoms with Crippen molar-refractivity contribution in [3.63, 3.8) is 0 Å². The molecule has 1 fully saturated rings. The van der Waals surface area contributed by atoms with Gasteiger partial charge in [-0.1, -0.05) is 11.6 Å². The first kappa shape index (κ1) is 19.9. The van der Waals surface area contributed by atoms with Crippen molar-refractivity contribution in [2.45, 2.75) is 39.3 Å². The second-order valence-electron chi connectivity index (χ2n) is 8.03. The van der Waals surface area contributed by atoms with Crippen LogP contribution in [-0.4, -0.2) is 33.6 Å². The van der Waals surface area contributed by atoms with Crippen molar-refractivity contribution >= 4 is 22.5 Å². The maximum absolute atomic E-state index is 13.1. The van der Waals surface area contributed by atoms with E-state index < -0.39 is 0 Å². The second-order valence-corrected chi connectivity index (χ2v) is 8.47. The Morgan fingerprint density at radius 1 is 1.17 bits per heavy atom. The molecular formula is C23H26ClN3O2. The highest BCUT2D eigenvalue weighted by molar-refractivity contribution is 6.30. The molecule has 1 aliphatic heterocycles. The zero-order valence-electron chi connectivity index (χ0n) is 16.8. The first-order valence-corrected chi connectivity index (χ1v) is 10.5. The molecule has 0 radical (unpaired) electrons. The summed E-state index contributed by atoms with van der Waals surface area (Å²) in [6.07, 6.45) is 4.00. The van der Waals surface area contributed by atoms with E-state index in [4.69, 9.17) is 16.3 Å². The molecule has 29 heavy (non-hydrogen) atoms. The average molecular weight is 412 g/mol. The quantitative estimate of drug-likeness (QED) is 0.595. The smallest absolute Gasteiger partial charge is 0.261 e. The molecule has 4 rings (SSSR count). The molecule has 5 nitrogen and oxygen atoms in total. The number of rotatable bonds is 5. The highest BCUT2D eigenvalue weighted by Crippen LogP contribution is 2.25. The van der Waals surface area contributed by atoms with E-state index in [-0.39, 0.29) is 5.56 Å². The van der Waals surface area contributed by atoms with E-state index in [1.165, 1.54) is 6.42 Å². The zero-order valence-corrected chi connectivity index (χ0v) is 17.6. The third-order valence-electron chi connectivity index (χ3n) is 5.58. The molecule has 0 spiro atoms. The molecule has 6 heteroatoms. The lowest BCUT2D eigenvalue weighted by molar-refractivity contribution is 0.130. The fourth-order valence-electron chi connectivity index (χ4n) is 3.96. The van der Waals surface area contributed by atoms with E-state index in [1.807, 2.05) is 12.1 Å². The number of hydrogen-bond acceptors (Lipinski definition) is 4. The first-order chi connectivity index (χ1) is 14.0. The Morgan fingerprint density at radius 2 is 1.93 bits per heavy atom. The molecule has 0 amide bonds. The molecule has 1 aromatic heterocycles. The number of ether oxygens (including phenoxy) is 1. The van der Waals surface area contributed by atoms with Gasteiger partial charge in [0, 0.05) is 24.2 Å². The molecule has 3 aromatic rings. The number of likely N-dealkylation sites (tertiary alicyclic amines) is 1. The van der Waals surface area contributed by atoms with Crippen LogP contribution in [0.1, 0.15) is 26.7 Å². The Balaban J connectivity index is 1.57. The Hall–Kier alpha value is -2.37. The van der Waals surface area contributed by atoms with Crippen molar-refractivity contribution < 1.29 is 4.74 Å². The predicted octanol–water partition coefficient (Wildman–Crippen LogP) is 4.96. The van der Waals surface area contributed by atoms with E-state index in [1.54, 1.807) is 41.2 Å². The fourth-order valence-corrected chi connectivity index (χ4v) is 4.09. The summed E-state index contributed by atoms with van der Waals surface area (Å²) in [4.78, 5) is 20.1. The van der Waals surface area contributed by atoms with Crippen LogP contribution >= 0.6 is 11.6 Å². The van der Waals surface area contributed by atoms with Crippen LogP contribution in [-0.2, 0) is 6.54 Å². The molecule has 0 aliphatic carbocycles. The maximum Gasteiger partial charge on any atom is 0.261 e. The van der Waals surface area contributed by atoms with Gasteiger partial charge >= 0.3 is 0 Å². The molecule has 0 unspecified atom stereocenters. The Kier molecular flexibility index (Phi) is 5.88. The van der Waals surface area contributed by atoms with E-state index in [0.717, 1.165) is 19.5 Å². The minimum Gasteiger partial charge on any atom is -0.457 e. The molecule has 0 N–H and O–H groups in total. The molecule has 2 aromatic carbocycles. The van der Waals surface area contributed by atoms with Crippen LogP contribution in [0, 0.1) is 5.92 Å². The molecule has 2 heterocycles. The Morgan fingerprint density at radius 3 is 2.69 bits per heavy atom. The molecular weight excluding hydrogens is 386 g/mol. The van der Waals surface area contributed by atoms with E-state index in [2.05, 4.69) is 23.7 Å². The van der Waals surface area contributed by atoms with Crippen molar-refractivity contribution in [1.82, 2.24) is 14.5 Å². The monoisotopic (exact) mass is 411 g/mol. The van der Waals surface area contributed by atoms with Gasteiger partial charge in [-0.3, -0.25) is 9.36 Å². The van der Waals surface area contributed by atoms with Crippen LogP contribution in [0.15, 0.2) is 53.6 Å². The van der Waals surface area contributed by atoms with Crippen LogP contribution in [0.3, 0.4) is 0 Å². The summed E-state index contributed by atoms with van der Waals surface area (Å²) in [7, 11) is 0. The minimum absolute atomic E-state index is 0.0155. The largest absolute Gasteiger partial charge is 0.457 e. The number of hydrogen-bond donors (Lipinski definition) is 0.